The van der Waals surface area contributed by atoms with Crippen LogP contribution in [0.2, 0.25) is 0 Å². The lowest BCUT2D eigenvalue weighted by Crippen LogP contribution is -2.06. The lowest BCUT2D eigenvalue weighted by molar-refractivity contribution is -0.137. The van der Waals surface area contributed by atoms with Crippen LogP contribution in [0.5, 0.6) is 0 Å². The predicted octanol–water partition coefficient (Wildman–Crippen LogP) is 3.88. The Kier molecular flexibility index (Phi) is 4.73. The van der Waals surface area contributed by atoms with Gasteiger partial charge in [-0.2, -0.15) is 0 Å². The van der Waals surface area contributed by atoms with Crippen molar-refractivity contribution in [2.24, 2.45) is 0 Å². The third kappa shape index (κ3) is 4.25. The quantitative estimate of drug-likeness (QED) is 0.849. The molecule has 0 amide bonds. The van der Waals surface area contributed by atoms with Gasteiger partial charge in [-0.3, -0.25) is 4.79 Å². The van der Waals surface area contributed by atoms with Gasteiger partial charge in [0, 0.05) is 6.42 Å². The van der Waals surface area contributed by atoms with Crippen molar-refractivity contribution in [3.05, 3.63) is 71.8 Å². The summed E-state index contributed by atoms with van der Waals surface area (Å²) in [6.45, 7) is 0. The van der Waals surface area contributed by atoms with Crippen LogP contribution in [0.15, 0.2) is 60.7 Å². The fourth-order valence-corrected chi connectivity index (χ4v) is 2.31. The van der Waals surface area contributed by atoms with E-state index >= 15 is 0 Å². The fraction of sp³-hybridized carbons (Fsp3) is 0.235. The molecule has 2 rings (SSSR count). The van der Waals surface area contributed by atoms with Crippen LogP contribution in [0.1, 0.15) is 29.9 Å². The van der Waals surface area contributed by atoms with Gasteiger partial charge in [-0.1, -0.05) is 60.7 Å². The van der Waals surface area contributed by atoms with Crippen LogP contribution in [0, 0.1) is 0 Å². The third-order valence-corrected chi connectivity index (χ3v) is 3.30. The maximum atomic E-state index is 10.8. The summed E-state index contributed by atoms with van der Waals surface area (Å²) in [6, 6.07) is 20.4. The molecule has 0 aliphatic heterocycles. The molecule has 2 aromatic rings. The number of hydrogen-bond acceptors (Lipinski definition) is 1. The van der Waals surface area contributed by atoms with Crippen molar-refractivity contribution >= 4 is 5.97 Å². The summed E-state index contributed by atoms with van der Waals surface area (Å²) in [6.07, 6.45) is 1.78. The van der Waals surface area contributed by atoms with Gasteiger partial charge in [0.15, 0.2) is 0 Å². The molecule has 0 saturated heterocycles. The molecule has 0 fully saturated rings. The Labute approximate surface area is 113 Å². The first-order chi connectivity index (χ1) is 9.25. The van der Waals surface area contributed by atoms with E-state index in [1.807, 2.05) is 36.4 Å². The van der Waals surface area contributed by atoms with Crippen molar-refractivity contribution in [1.82, 2.24) is 0 Å². The van der Waals surface area contributed by atoms with Crippen LogP contribution in [-0.4, -0.2) is 11.1 Å². The maximum absolute atomic E-state index is 10.8. The molecular formula is C17H18O2. The Morgan fingerprint density at radius 2 is 1.53 bits per heavy atom. The van der Waals surface area contributed by atoms with Crippen molar-refractivity contribution in [2.75, 3.05) is 0 Å². The van der Waals surface area contributed by atoms with Crippen LogP contribution < -0.4 is 0 Å². The average Bonchev–Trinajstić information content (AvgIpc) is 2.45. The molecule has 0 heterocycles. The van der Waals surface area contributed by atoms with Crippen LogP contribution >= 0.6 is 0 Å². The van der Waals surface area contributed by atoms with E-state index < -0.39 is 5.97 Å². The van der Waals surface area contributed by atoms with Gasteiger partial charge >= 0.3 is 5.97 Å². The first-order valence-electron chi connectivity index (χ1n) is 6.56. The molecule has 2 heteroatoms. The Morgan fingerprint density at radius 1 is 0.947 bits per heavy atom. The smallest absolute Gasteiger partial charge is 0.303 e. The van der Waals surface area contributed by atoms with E-state index in [0.717, 1.165) is 6.42 Å². The fourth-order valence-electron chi connectivity index (χ4n) is 2.31. The van der Waals surface area contributed by atoms with Gasteiger partial charge in [0.05, 0.1) is 0 Å². The molecule has 1 unspecified atom stereocenters. The maximum Gasteiger partial charge on any atom is 0.303 e. The largest absolute Gasteiger partial charge is 0.481 e. The van der Waals surface area contributed by atoms with Crippen molar-refractivity contribution in [3.63, 3.8) is 0 Å². The van der Waals surface area contributed by atoms with Gasteiger partial charge < -0.3 is 5.11 Å². The first kappa shape index (κ1) is 13.3. The molecule has 19 heavy (non-hydrogen) atoms. The van der Waals surface area contributed by atoms with Crippen molar-refractivity contribution < 1.29 is 9.90 Å². The molecule has 98 valence electrons. The monoisotopic (exact) mass is 254 g/mol. The minimum absolute atomic E-state index is 0.215. The second-order valence-electron chi connectivity index (χ2n) is 4.73. The minimum Gasteiger partial charge on any atom is -0.481 e. The number of hydrogen-bond donors (Lipinski definition) is 1. The molecule has 1 N–H and O–H groups in total. The topological polar surface area (TPSA) is 37.3 Å². The number of carbonyl (C=O) groups is 1. The molecule has 0 aliphatic carbocycles. The zero-order valence-electron chi connectivity index (χ0n) is 10.8. The second-order valence-corrected chi connectivity index (χ2v) is 4.73. The average molecular weight is 254 g/mol. The highest BCUT2D eigenvalue weighted by atomic mass is 16.4. The number of benzene rings is 2. The van der Waals surface area contributed by atoms with Crippen LogP contribution in [0.3, 0.4) is 0 Å². The Balaban J connectivity index is 2.12. The Morgan fingerprint density at radius 3 is 2.11 bits per heavy atom. The molecule has 0 saturated carbocycles. The highest BCUT2D eigenvalue weighted by Gasteiger charge is 2.13. The zero-order valence-corrected chi connectivity index (χ0v) is 10.8. The molecule has 2 aromatic carbocycles. The standard InChI is InChI=1S/C17H18O2/c18-17(19)12-11-16(15-9-5-2-6-10-15)13-14-7-3-1-4-8-14/h1-10,16H,11-13H2,(H,18,19). The van der Waals surface area contributed by atoms with Crippen molar-refractivity contribution in [2.45, 2.75) is 25.2 Å². The summed E-state index contributed by atoms with van der Waals surface area (Å²) in [7, 11) is 0. The molecule has 0 spiro atoms. The number of carboxylic acids is 1. The van der Waals surface area contributed by atoms with Gasteiger partial charge in [0.2, 0.25) is 0 Å². The van der Waals surface area contributed by atoms with Gasteiger partial charge in [-0.25, -0.2) is 0 Å². The lowest BCUT2D eigenvalue weighted by atomic mass is 9.88. The van der Waals surface area contributed by atoms with Crippen LogP contribution in [0.4, 0.5) is 0 Å². The Hall–Kier alpha value is -2.09. The predicted molar refractivity (Wildman–Crippen MR) is 76.2 cm³/mol. The summed E-state index contributed by atoms with van der Waals surface area (Å²) in [5.74, 6) is -0.464. The highest BCUT2D eigenvalue weighted by molar-refractivity contribution is 5.66. The van der Waals surface area contributed by atoms with E-state index in [0.29, 0.717) is 6.42 Å². The summed E-state index contributed by atoms with van der Waals surface area (Å²) in [4.78, 5) is 10.8. The summed E-state index contributed by atoms with van der Waals surface area (Å²) < 4.78 is 0. The molecular weight excluding hydrogens is 236 g/mol. The van der Waals surface area contributed by atoms with E-state index in [1.165, 1.54) is 11.1 Å². The van der Waals surface area contributed by atoms with Crippen molar-refractivity contribution in [1.29, 1.82) is 0 Å². The van der Waals surface area contributed by atoms with E-state index in [1.54, 1.807) is 0 Å². The van der Waals surface area contributed by atoms with E-state index in [-0.39, 0.29) is 12.3 Å². The lowest BCUT2D eigenvalue weighted by Gasteiger charge is -2.16. The highest BCUT2D eigenvalue weighted by Crippen LogP contribution is 2.25. The van der Waals surface area contributed by atoms with Gasteiger partial charge in [-0.05, 0) is 29.9 Å². The molecule has 2 nitrogen and oxygen atoms in total. The molecule has 0 bridgehead atoms. The molecule has 0 aromatic heterocycles. The zero-order chi connectivity index (χ0) is 13.5. The molecule has 0 aliphatic rings. The molecule has 1 atom stereocenters. The second kappa shape index (κ2) is 6.74. The number of aliphatic carboxylic acids is 1. The minimum atomic E-state index is -0.728. The van der Waals surface area contributed by atoms with Crippen molar-refractivity contribution in [3.8, 4) is 0 Å². The first-order valence-corrected chi connectivity index (χ1v) is 6.56. The van der Waals surface area contributed by atoms with Crippen LogP contribution in [0.25, 0.3) is 0 Å². The van der Waals surface area contributed by atoms with Crippen LogP contribution in [-0.2, 0) is 11.2 Å². The summed E-state index contributed by atoms with van der Waals surface area (Å²) in [5, 5.41) is 8.88. The summed E-state index contributed by atoms with van der Waals surface area (Å²) in [5.41, 5.74) is 2.47. The third-order valence-electron chi connectivity index (χ3n) is 3.30. The normalized spacial score (nSPS) is 12.0. The van der Waals surface area contributed by atoms with E-state index in [4.69, 9.17) is 5.11 Å². The van der Waals surface area contributed by atoms with Gasteiger partial charge in [0.1, 0.15) is 0 Å². The van der Waals surface area contributed by atoms with Gasteiger partial charge in [0.25, 0.3) is 0 Å². The number of rotatable bonds is 6. The van der Waals surface area contributed by atoms with E-state index in [9.17, 15) is 4.79 Å². The SMILES string of the molecule is O=C(O)CCC(Cc1ccccc1)c1ccccc1. The summed E-state index contributed by atoms with van der Waals surface area (Å²) >= 11 is 0. The number of carboxylic acid groups (broad SMARTS) is 1. The Bertz CT molecular complexity index is 505. The van der Waals surface area contributed by atoms with Gasteiger partial charge in [-0.15, -0.1) is 0 Å². The van der Waals surface area contributed by atoms with E-state index in [2.05, 4.69) is 24.3 Å². The molecule has 0 radical (unpaired) electrons.